The molecule has 2 atom stereocenters. The third kappa shape index (κ3) is 2.34. The van der Waals surface area contributed by atoms with Crippen molar-refractivity contribution in [2.75, 3.05) is 7.05 Å². The normalized spacial score (nSPS) is 15.3. The van der Waals surface area contributed by atoms with Gasteiger partial charge in [0.2, 0.25) is 0 Å². The third-order valence-corrected chi connectivity index (χ3v) is 1.70. The first-order valence-corrected chi connectivity index (χ1v) is 3.47. The highest BCUT2D eigenvalue weighted by atomic mass is 32.1. The van der Waals surface area contributed by atoms with E-state index in [4.69, 9.17) is 24.4 Å². The predicted molar refractivity (Wildman–Crippen MR) is 47.6 cm³/mol. The molecule has 0 bridgehead atoms. The van der Waals surface area contributed by atoms with Crippen LogP contribution < -0.4 is 11.1 Å². The third-order valence-electron chi connectivity index (χ3n) is 1.44. The van der Waals surface area contributed by atoms with Crippen LogP contribution in [0.2, 0.25) is 0 Å². The van der Waals surface area contributed by atoms with E-state index in [0.717, 1.165) is 0 Å². The van der Waals surface area contributed by atoms with Gasteiger partial charge in [0.1, 0.15) is 0 Å². The molecular weight excluding hydrogens is 144 g/mol. The summed E-state index contributed by atoms with van der Waals surface area (Å²) in [6.45, 7) is 1.95. The van der Waals surface area contributed by atoms with Gasteiger partial charge in [0.15, 0.2) is 0 Å². The smallest absolute Gasteiger partial charge is 0.0895 e. The summed E-state index contributed by atoms with van der Waals surface area (Å²) in [6, 6.07) is 0.155. The topological polar surface area (TPSA) is 38.0 Å². The average molecular weight is 156 g/mol. The summed E-state index contributed by atoms with van der Waals surface area (Å²) in [7, 11) is 1.83. The Balaban J connectivity index is 4.10. The molecule has 10 heavy (non-hydrogen) atoms. The predicted octanol–water partition coefficient (Wildman–Crippen LogP) is 0.130. The Labute approximate surface area is 67.2 Å². The molecule has 0 aliphatic carbocycles. The van der Waals surface area contributed by atoms with Crippen molar-refractivity contribution >= 4 is 17.2 Å². The summed E-state index contributed by atoms with van der Waals surface area (Å²) in [5.74, 6) is 2.38. The number of hydrogen-bond donors (Lipinski definition) is 2. The molecule has 0 saturated carbocycles. The minimum atomic E-state index is -0.139. The van der Waals surface area contributed by atoms with Crippen LogP contribution >= 0.6 is 12.2 Å². The van der Waals surface area contributed by atoms with Gasteiger partial charge < -0.3 is 11.1 Å². The highest BCUT2D eigenvalue weighted by molar-refractivity contribution is 7.80. The Morgan fingerprint density at radius 1 is 1.80 bits per heavy atom. The van der Waals surface area contributed by atoms with Gasteiger partial charge >= 0.3 is 0 Å². The van der Waals surface area contributed by atoms with Gasteiger partial charge in [0.25, 0.3) is 0 Å². The van der Waals surface area contributed by atoms with Gasteiger partial charge in [0, 0.05) is 6.04 Å². The molecule has 0 spiro atoms. The number of rotatable bonds is 3. The fourth-order valence-corrected chi connectivity index (χ4v) is 0.912. The molecule has 0 aromatic rings. The number of terminal acetylenes is 1. The van der Waals surface area contributed by atoms with Gasteiger partial charge in [-0.3, -0.25) is 0 Å². The summed E-state index contributed by atoms with van der Waals surface area (Å²) < 4.78 is 0. The molecule has 0 saturated heterocycles. The van der Waals surface area contributed by atoms with Gasteiger partial charge in [0.05, 0.1) is 10.9 Å². The molecule has 0 heterocycles. The summed E-state index contributed by atoms with van der Waals surface area (Å²) in [4.78, 5) is 0.379. The summed E-state index contributed by atoms with van der Waals surface area (Å²) >= 11 is 4.75. The summed E-state index contributed by atoms with van der Waals surface area (Å²) in [6.07, 6.45) is 5.19. The van der Waals surface area contributed by atoms with E-state index in [1.165, 1.54) is 0 Å². The lowest BCUT2D eigenvalue weighted by Crippen LogP contribution is -2.37. The number of thiocarbonyl (C=S) groups is 1. The highest BCUT2D eigenvalue weighted by Gasteiger charge is 2.14. The second-order valence-corrected chi connectivity index (χ2v) is 2.60. The first-order chi connectivity index (χ1) is 4.63. The van der Waals surface area contributed by atoms with E-state index in [1.807, 2.05) is 14.0 Å². The highest BCUT2D eigenvalue weighted by Crippen LogP contribution is 2.00. The average Bonchev–Trinajstić information content (AvgIpc) is 1.88. The van der Waals surface area contributed by atoms with E-state index in [2.05, 4.69) is 11.2 Å². The van der Waals surface area contributed by atoms with Crippen LogP contribution in [-0.2, 0) is 0 Å². The van der Waals surface area contributed by atoms with Gasteiger partial charge in [-0.15, -0.1) is 6.42 Å². The largest absolute Gasteiger partial charge is 0.392 e. The number of nitrogens with one attached hydrogen (secondary N) is 1. The lowest BCUT2D eigenvalue weighted by Gasteiger charge is -2.16. The van der Waals surface area contributed by atoms with Crippen molar-refractivity contribution in [3.05, 3.63) is 0 Å². The van der Waals surface area contributed by atoms with Gasteiger partial charge in [-0.1, -0.05) is 18.1 Å². The second-order valence-electron chi connectivity index (χ2n) is 2.12. The van der Waals surface area contributed by atoms with Crippen molar-refractivity contribution in [2.24, 2.45) is 11.7 Å². The minimum absolute atomic E-state index is 0.139. The quantitative estimate of drug-likeness (QED) is 0.450. The first kappa shape index (κ1) is 9.41. The molecule has 2 unspecified atom stereocenters. The van der Waals surface area contributed by atoms with E-state index in [1.54, 1.807) is 0 Å². The van der Waals surface area contributed by atoms with Crippen LogP contribution in [0.3, 0.4) is 0 Å². The van der Waals surface area contributed by atoms with Crippen LogP contribution in [0.15, 0.2) is 0 Å². The molecule has 0 aromatic carbocycles. The van der Waals surface area contributed by atoms with Crippen molar-refractivity contribution in [3.63, 3.8) is 0 Å². The molecule has 3 heteroatoms. The fourth-order valence-electron chi connectivity index (χ4n) is 0.640. The molecule has 0 aliphatic rings. The Morgan fingerprint density at radius 3 is 2.40 bits per heavy atom. The lowest BCUT2D eigenvalue weighted by atomic mass is 10.0. The second kappa shape index (κ2) is 4.26. The van der Waals surface area contributed by atoms with E-state index in [9.17, 15) is 0 Å². The Kier molecular flexibility index (Phi) is 4.01. The van der Waals surface area contributed by atoms with Crippen LogP contribution in [0, 0.1) is 18.3 Å². The number of hydrogen-bond acceptors (Lipinski definition) is 2. The Morgan fingerprint density at radius 2 is 2.30 bits per heavy atom. The van der Waals surface area contributed by atoms with Crippen LogP contribution in [0.4, 0.5) is 0 Å². The zero-order valence-electron chi connectivity index (χ0n) is 6.22. The SMILES string of the molecule is C#CC(C(N)=S)C(C)NC. The van der Waals surface area contributed by atoms with Crippen LogP contribution in [-0.4, -0.2) is 18.1 Å². The molecule has 0 radical (unpaired) electrons. The maximum absolute atomic E-state index is 5.37. The molecular formula is C7H12N2S. The van der Waals surface area contributed by atoms with Crippen molar-refractivity contribution < 1.29 is 0 Å². The lowest BCUT2D eigenvalue weighted by molar-refractivity contribution is 0.569. The first-order valence-electron chi connectivity index (χ1n) is 3.06. The monoisotopic (exact) mass is 156 g/mol. The van der Waals surface area contributed by atoms with Crippen molar-refractivity contribution in [1.29, 1.82) is 0 Å². The molecule has 0 amide bonds. The fraction of sp³-hybridized carbons (Fsp3) is 0.571. The maximum Gasteiger partial charge on any atom is 0.0895 e. The molecule has 0 aliphatic heterocycles. The molecule has 0 rings (SSSR count). The standard InChI is InChI=1S/C7H12N2S/c1-4-6(7(8)10)5(2)9-3/h1,5-6,9H,2-3H3,(H2,8,10). The van der Waals surface area contributed by atoms with Gasteiger partial charge in [-0.05, 0) is 14.0 Å². The molecule has 2 nitrogen and oxygen atoms in total. The zero-order chi connectivity index (χ0) is 8.15. The van der Waals surface area contributed by atoms with Crippen LogP contribution in [0.25, 0.3) is 0 Å². The Hall–Kier alpha value is -0.590. The van der Waals surface area contributed by atoms with E-state index < -0.39 is 0 Å². The van der Waals surface area contributed by atoms with E-state index in [0.29, 0.717) is 4.99 Å². The summed E-state index contributed by atoms with van der Waals surface area (Å²) in [5.41, 5.74) is 5.37. The molecule has 56 valence electrons. The maximum atomic E-state index is 5.37. The van der Waals surface area contributed by atoms with Crippen molar-refractivity contribution in [3.8, 4) is 12.3 Å². The van der Waals surface area contributed by atoms with Crippen LogP contribution in [0.5, 0.6) is 0 Å². The summed E-state index contributed by atoms with van der Waals surface area (Å²) in [5, 5.41) is 2.99. The van der Waals surface area contributed by atoms with E-state index in [-0.39, 0.29) is 12.0 Å². The molecule has 0 aromatic heterocycles. The van der Waals surface area contributed by atoms with E-state index >= 15 is 0 Å². The molecule has 3 N–H and O–H groups in total. The van der Waals surface area contributed by atoms with Crippen molar-refractivity contribution in [1.82, 2.24) is 5.32 Å². The van der Waals surface area contributed by atoms with Gasteiger partial charge in [-0.2, -0.15) is 0 Å². The van der Waals surface area contributed by atoms with Crippen LogP contribution in [0.1, 0.15) is 6.92 Å². The zero-order valence-corrected chi connectivity index (χ0v) is 7.03. The van der Waals surface area contributed by atoms with Crippen molar-refractivity contribution in [2.45, 2.75) is 13.0 Å². The minimum Gasteiger partial charge on any atom is -0.392 e. The van der Waals surface area contributed by atoms with Gasteiger partial charge in [-0.25, -0.2) is 0 Å². The molecule has 0 fully saturated rings. The Bertz CT molecular complexity index is 159. The number of nitrogens with two attached hydrogens (primary N) is 1.